The van der Waals surface area contributed by atoms with E-state index in [1.807, 2.05) is 6.92 Å². The van der Waals surface area contributed by atoms with Gasteiger partial charge < -0.3 is 15.0 Å². The van der Waals surface area contributed by atoms with Crippen LogP contribution < -0.4 is 5.73 Å². The first-order chi connectivity index (χ1) is 14.4. The van der Waals surface area contributed by atoms with E-state index in [1.54, 1.807) is 4.31 Å². The first kappa shape index (κ1) is 21.5. The number of hydrogen-bond acceptors (Lipinski definition) is 6. The first-order valence-corrected chi connectivity index (χ1v) is 12.6. The topological polar surface area (TPSA) is 103 Å². The van der Waals surface area contributed by atoms with Gasteiger partial charge in [0.1, 0.15) is 11.3 Å². The molecule has 1 aliphatic heterocycles. The number of hydrogen-bond donors (Lipinski definition) is 1. The van der Waals surface area contributed by atoms with Crippen LogP contribution >= 0.6 is 0 Å². The fourth-order valence-corrected chi connectivity index (χ4v) is 5.83. The summed E-state index contributed by atoms with van der Waals surface area (Å²) in [5, 5.41) is 0. The second-order valence-electron chi connectivity index (χ2n) is 8.60. The zero-order valence-corrected chi connectivity index (χ0v) is 18.9. The average molecular weight is 436 g/mol. The molecule has 1 saturated heterocycles. The maximum absolute atomic E-state index is 11.9. The number of nitrogen functional groups attached to an aromatic ring is 1. The van der Waals surface area contributed by atoms with Crippen LogP contribution in [0.3, 0.4) is 0 Å². The summed E-state index contributed by atoms with van der Waals surface area (Å²) in [5.41, 5.74) is 10.1. The third kappa shape index (κ3) is 4.63. The molecule has 0 spiro atoms. The van der Waals surface area contributed by atoms with E-state index in [2.05, 4.69) is 16.5 Å². The molecule has 0 amide bonds. The lowest BCUT2D eigenvalue weighted by Gasteiger charge is -2.15. The number of rotatable bonds is 10. The van der Waals surface area contributed by atoms with Gasteiger partial charge in [-0.05, 0) is 44.6 Å². The van der Waals surface area contributed by atoms with Crippen molar-refractivity contribution in [3.63, 3.8) is 0 Å². The van der Waals surface area contributed by atoms with Gasteiger partial charge in [0.2, 0.25) is 10.0 Å². The molecule has 0 aromatic carbocycles. The summed E-state index contributed by atoms with van der Waals surface area (Å²) in [6.07, 6.45) is 6.23. The van der Waals surface area contributed by atoms with E-state index < -0.39 is 10.0 Å². The van der Waals surface area contributed by atoms with Gasteiger partial charge in [-0.1, -0.05) is 12.8 Å². The van der Waals surface area contributed by atoms with Crippen LogP contribution in [0.4, 0.5) is 5.82 Å². The number of ether oxygens (including phenoxy) is 1. The molecule has 30 heavy (non-hydrogen) atoms. The summed E-state index contributed by atoms with van der Waals surface area (Å²) in [7, 11) is -3.02. The van der Waals surface area contributed by atoms with Gasteiger partial charge in [0.15, 0.2) is 5.82 Å². The number of nitrogens with zero attached hydrogens (tertiary/aromatic N) is 4. The van der Waals surface area contributed by atoms with Crippen molar-refractivity contribution in [1.29, 1.82) is 0 Å². The molecule has 0 radical (unpaired) electrons. The Balaban J connectivity index is 1.38. The lowest BCUT2D eigenvalue weighted by Crippen LogP contribution is -2.27. The number of anilines is 1. The van der Waals surface area contributed by atoms with Crippen molar-refractivity contribution < 1.29 is 13.2 Å². The third-order valence-corrected chi connectivity index (χ3v) is 8.26. The SMILES string of the molecule is Cc1nc(N)c2nc(CCC3CC3)n(CCOCCCN3CCCS3(=O)=O)c2c1C. The maximum atomic E-state index is 11.9. The molecule has 166 valence electrons. The highest BCUT2D eigenvalue weighted by Gasteiger charge is 2.27. The van der Waals surface area contributed by atoms with Gasteiger partial charge in [-0.3, -0.25) is 0 Å². The summed E-state index contributed by atoms with van der Waals surface area (Å²) in [6.45, 7) is 7.07. The molecule has 8 nitrogen and oxygen atoms in total. The van der Waals surface area contributed by atoms with Crippen LogP contribution in [-0.2, 0) is 27.7 Å². The molecule has 0 bridgehead atoms. The molecule has 2 aromatic rings. The molecule has 0 atom stereocenters. The quantitative estimate of drug-likeness (QED) is 0.575. The summed E-state index contributed by atoms with van der Waals surface area (Å²) in [4.78, 5) is 9.29. The highest BCUT2D eigenvalue weighted by molar-refractivity contribution is 7.89. The molecule has 0 unspecified atom stereocenters. The minimum absolute atomic E-state index is 0.280. The van der Waals surface area contributed by atoms with Gasteiger partial charge in [0.25, 0.3) is 0 Å². The van der Waals surface area contributed by atoms with Gasteiger partial charge in [-0.2, -0.15) is 0 Å². The van der Waals surface area contributed by atoms with E-state index in [9.17, 15) is 8.42 Å². The van der Waals surface area contributed by atoms with Crippen LogP contribution in [0.15, 0.2) is 0 Å². The lowest BCUT2D eigenvalue weighted by molar-refractivity contribution is 0.120. The first-order valence-electron chi connectivity index (χ1n) is 11.0. The van der Waals surface area contributed by atoms with Crippen molar-refractivity contribution in [3.8, 4) is 0 Å². The Bertz CT molecular complexity index is 1010. The monoisotopic (exact) mass is 435 g/mol. The van der Waals surface area contributed by atoms with Crippen LogP contribution in [0, 0.1) is 19.8 Å². The summed E-state index contributed by atoms with van der Waals surface area (Å²) < 4.78 is 33.4. The number of aryl methyl sites for hydroxylation is 3. The van der Waals surface area contributed by atoms with Gasteiger partial charge in [-0.25, -0.2) is 22.7 Å². The second-order valence-corrected chi connectivity index (χ2v) is 10.7. The predicted octanol–water partition coefficient (Wildman–Crippen LogP) is 2.42. The molecular weight excluding hydrogens is 402 g/mol. The zero-order valence-electron chi connectivity index (χ0n) is 18.1. The minimum Gasteiger partial charge on any atom is -0.382 e. The van der Waals surface area contributed by atoms with E-state index in [-0.39, 0.29) is 5.75 Å². The van der Waals surface area contributed by atoms with Crippen molar-refractivity contribution in [3.05, 3.63) is 17.1 Å². The van der Waals surface area contributed by atoms with Crippen molar-refractivity contribution >= 4 is 26.9 Å². The largest absolute Gasteiger partial charge is 0.382 e. The van der Waals surface area contributed by atoms with Crippen molar-refractivity contribution in [2.45, 2.75) is 58.9 Å². The smallest absolute Gasteiger partial charge is 0.214 e. The normalized spacial score (nSPS) is 19.1. The predicted molar refractivity (Wildman–Crippen MR) is 118 cm³/mol. The summed E-state index contributed by atoms with van der Waals surface area (Å²) in [6, 6.07) is 0. The van der Waals surface area contributed by atoms with Crippen molar-refractivity contribution in [2.24, 2.45) is 5.92 Å². The van der Waals surface area contributed by atoms with E-state index in [1.165, 1.54) is 19.3 Å². The van der Waals surface area contributed by atoms with E-state index in [4.69, 9.17) is 15.5 Å². The molecule has 2 N–H and O–H groups in total. The van der Waals surface area contributed by atoms with Gasteiger partial charge >= 0.3 is 0 Å². The summed E-state index contributed by atoms with van der Waals surface area (Å²) >= 11 is 0. The lowest BCUT2D eigenvalue weighted by atomic mass is 10.2. The standard InChI is InChI=1S/C21H33N5O3S/c1-15-16(2)23-21(22)19-20(15)26(18(24-19)8-7-17-5-6-17)11-13-29-12-3-9-25-10-4-14-30(25,27)28/h17H,3-14H2,1-2H3,(H2,22,23). The number of sulfonamides is 1. The fourth-order valence-electron chi connectivity index (χ4n) is 4.26. The van der Waals surface area contributed by atoms with Gasteiger partial charge in [-0.15, -0.1) is 0 Å². The van der Waals surface area contributed by atoms with Gasteiger partial charge in [0, 0.05) is 38.4 Å². The molecule has 1 aliphatic carbocycles. The minimum atomic E-state index is -3.02. The Hall–Kier alpha value is -1.71. The molecule has 2 aromatic heterocycles. The Kier molecular flexibility index (Phi) is 6.31. The highest BCUT2D eigenvalue weighted by Crippen LogP contribution is 2.34. The Labute approximate surface area is 178 Å². The van der Waals surface area contributed by atoms with Crippen molar-refractivity contribution in [2.75, 3.05) is 37.8 Å². The van der Waals surface area contributed by atoms with Crippen LogP contribution in [0.5, 0.6) is 0 Å². The second kappa shape index (κ2) is 8.80. The number of aromatic nitrogens is 3. The number of imidazole rings is 1. The highest BCUT2D eigenvalue weighted by atomic mass is 32.2. The van der Waals surface area contributed by atoms with Crippen LogP contribution in [0.2, 0.25) is 0 Å². The third-order valence-electron chi connectivity index (χ3n) is 6.31. The van der Waals surface area contributed by atoms with Crippen LogP contribution in [0.1, 0.15) is 49.2 Å². The molecule has 9 heteroatoms. The Morgan fingerprint density at radius 2 is 1.97 bits per heavy atom. The number of fused-ring (bicyclic) bond motifs is 1. The maximum Gasteiger partial charge on any atom is 0.214 e. The number of nitrogens with two attached hydrogens (primary N) is 1. The zero-order chi connectivity index (χ0) is 21.3. The van der Waals surface area contributed by atoms with Crippen LogP contribution in [-0.4, -0.2) is 59.3 Å². The summed E-state index contributed by atoms with van der Waals surface area (Å²) in [5.74, 6) is 2.68. The van der Waals surface area contributed by atoms with Crippen LogP contribution in [0.25, 0.3) is 11.0 Å². The van der Waals surface area contributed by atoms with Crippen molar-refractivity contribution in [1.82, 2.24) is 18.8 Å². The Morgan fingerprint density at radius 1 is 1.17 bits per heavy atom. The molecule has 2 fully saturated rings. The molecule has 4 rings (SSSR count). The molecule has 3 heterocycles. The molecular formula is C21H33N5O3S. The van der Waals surface area contributed by atoms with E-state index in [0.717, 1.165) is 46.9 Å². The van der Waals surface area contributed by atoms with Gasteiger partial charge in [0.05, 0.1) is 17.9 Å². The average Bonchev–Trinajstić information content (AvgIpc) is 3.36. The molecule has 2 aliphatic rings. The number of pyridine rings is 1. The fraction of sp³-hybridized carbons (Fsp3) is 0.714. The Morgan fingerprint density at radius 3 is 2.67 bits per heavy atom. The van der Waals surface area contributed by atoms with E-state index >= 15 is 0 Å². The molecule has 1 saturated carbocycles. The van der Waals surface area contributed by atoms with E-state index in [0.29, 0.717) is 45.1 Å².